The topological polar surface area (TPSA) is 122 Å². The van der Waals surface area contributed by atoms with Gasteiger partial charge in [-0.3, -0.25) is 9.59 Å². The number of nitrogens with zero attached hydrogens (tertiary/aromatic N) is 1. The molecule has 0 saturated carbocycles. The summed E-state index contributed by atoms with van der Waals surface area (Å²) in [6, 6.07) is 9.71. The van der Waals surface area contributed by atoms with E-state index < -0.39 is 42.9 Å². The molecule has 0 unspecified atom stereocenters. The number of methoxy groups -OCH3 is 1. The third-order valence-electron chi connectivity index (χ3n) is 4.73. The largest absolute Gasteiger partial charge is 0.493 e. The molecule has 184 valence electrons. The molecule has 1 amide bonds. The normalized spacial score (nSPS) is 13.1. The number of para-hydroxylation sites is 1. The summed E-state index contributed by atoms with van der Waals surface area (Å²) in [4.78, 5) is 40.5. The van der Waals surface area contributed by atoms with E-state index in [0.29, 0.717) is 12.2 Å². The average molecular weight is 475 g/mol. The summed E-state index contributed by atoms with van der Waals surface area (Å²) in [5, 5.41) is 2.54. The Morgan fingerprint density at radius 3 is 2.41 bits per heavy atom. The molecule has 0 aliphatic heterocycles. The Labute approximate surface area is 198 Å². The predicted octanol–water partition coefficient (Wildman–Crippen LogP) is 2.90. The molecular formula is C24H30N2O8. The lowest BCUT2D eigenvalue weighted by Crippen LogP contribution is -2.43. The van der Waals surface area contributed by atoms with E-state index in [4.69, 9.17) is 23.7 Å². The zero-order valence-electron chi connectivity index (χ0n) is 19.9. The number of rotatable bonds is 12. The van der Waals surface area contributed by atoms with E-state index in [0.717, 1.165) is 0 Å². The van der Waals surface area contributed by atoms with Gasteiger partial charge in [0.15, 0.2) is 17.2 Å². The number of benzene rings is 1. The second kappa shape index (κ2) is 13.0. The van der Waals surface area contributed by atoms with Gasteiger partial charge < -0.3 is 29.0 Å². The molecule has 3 atom stereocenters. The van der Waals surface area contributed by atoms with Crippen LogP contribution in [0.1, 0.15) is 44.6 Å². The number of carbonyl (C=O) groups is 3. The van der Waals surface area contributed by atoms with Gasteiger partial charge in [-0.1, -0.05) is 25.1 Å². The van der Waals surface area contributed by atoms with Crippen molar-refractivity contribution >= 4 is 17.8 Å². The summed E-state index contributed by atoms with van der Waals surface area (Å²) < 4.78 is 26.8. The Bertz CT molecular complexity index is 967. The number of ether oxygens (including phenoxy) is 5. The van der Waals surface area contributed by atoms with Gasteiger partial charge >= 0.3 is 11.9 Å². The minimum atomic E-state index is -0.986. The minimum Gasteiger partial charge on any atom is -0.493 e. The minimum absolute atomic E-state index is 0.0272. The first kappa shape index (κ1) is 26.4. The molecule has 1 N–H and O–H groups in total. The number of hydrogen-bond donors (Lipinski definition) is 1. The second-order valence-electron chi connectivity index (χ2n) is 7.30. The molecule has 1 aromatic carbocycles. The summed E-state index contributed by atoms with van der Waals surface area (Å²) in [5.74, 6) is -1.03. The molecule has 0 saturated heterocycles. The zero-order chi connectivity index (χ0) is 25.1. The van der Waals surface area contributed by atoms with Gasteiger partial charge in [0.1, 0.15) is 24.0 Å². The standard InChI is InChI=1S/C24H30N2O8/c1-6-19(16(3)33-18-10-8-7-9-11-18)34-24(29)15(2)26-23(28)21-22(32-14-31-17(4)27)20(30-5)12-13-25-21/h7-13,15-16,19H,6,14H2,1-5H3,(H,26,28)/t15-,16-,19-/m0/s1. The Kier molecular flexibility index (Phi) is 10.1. The van der Waals surface area contributed by atoms with E-state index in [9.17, 15) is 14.4 Å². The van der Waals surface area contributed by atoms with Crippen molar-refractivity contribution < 1.29 is 38.1 Å². The number of pyridine rings is 1. The highest BCUT2D eigenvalue weighted by Gasteiger charge is 2.27. The van der Waals surface area contributed by atoms with Crippen molar-refractivity contribution in [3.63, 3.8) is 0 Å². The van der Waals surface area contributed by atoms with Crippen LogP contribution in [0.4, 0.5) is 0 Å². The molecule has 0 aliphatic carbocycles. The Balaban J connectivity index is 2.03. The number of aromatic nitrogens is 1. The molecule has 2 rings (SSSR count). The van der Waals surface area contributed by atoms with Crippen LogP contribution in [0, 0.1) is 0 Å². The molecule has 10 heteroatoms. The first-order valence-corrected chi connectivity index (χ1v) is 10.8. The summed E-state index contributed by atoms with van der Waals surface area (Å²) in [6.07, 6.45) is 0.946. The molecule has 34 heavy (non-hydrogen) atoms. The summed E-state index contributed by atoms with van der Waals surface area (Å²) in [6.45, 7) is 5.96. The van der Waals surface area contributed by atoms with Crippen LogP contribution >= 0.6 is 0 Å². The van der Waals surface area contributed by atoms with Crippen molar-refractivity contribution in [1.82, 2.24) is 10.3 Å². The number of esters is 2. The fourth-order valence-electron chi connectivity index (χ4n) is 2.94. The van der Waals surface area contributed by atoms with Crippen LogP contribution in [0.2, 0.25) is 0 Å². The lowest BCUT2D eigenvalue weighted by Gasteiger charge is -2.25. The predicted molar refractivity (Wildman–Crippen MR) is 122 cm³/mol. The van der Waals surface area contributed by atoms with Crippen LogP contribution in [0.5, 0.6) is 17.2 Å². The SMILES string of the molecule is CC[C@H](OC(=O)[C@H](C)NC(=O)c1nccc(OC)c1OCOC(C)=O)[C@H](C)Oc1ccccc1. The van der Waals surface area contributed by atoms with Gasteiger partial charge in [-0.2, -0.15) is 0 Å². The summed E-state index contributed by atoms with van der Waals surface area (Å²) >= 11 is 0. The van der Waals surface area contributed by atoms with Crippen LogP contribution in [-0.2, 0) is 19.1 Å². The quantitative estimate of drug-likeness (QED) is 0.365. The van der Waals surface area contributed by atoms with Crippen LogP contribution < -0.4 is 19.5 Å². The van der Waals surface area contributed by atoms with Crippen molar-refractivity contribution in [1.29, 1.82) is 0 Å². The molecule has 0 radical (unpaired) electrons. The zero-order valence-corrected chi connectivity index (χ0v) is 19.9. The third-order valence-corrected chi connectivity index (χ3v) is 4.73. The van der Waals surface area contributed by atoms with Crippen LogP contribution in [0.3, 0.4) is 0 Å². The second-order valence-corrected chi connectivity index (χ2v) is 7.30. The molecule has 10 nitrogen and oxygen atoms in total. The van der Waals surface area contributed by atoms with Crippen molar-refractivity contribution in [2.75, 3.05) is 13.9 Å². The van der Waals surface area contributed by atoms with Gasteiger partial charge in [-0.05, 0) is 32.4 Å². The first-order chi connectivity index (χ1) is 16.3. The first-order valence-electron chi connectivity index (χ1n) is 10.8. The number of nitrogens with one attached hydrogen (secondary N) is 1. The Hall–Kier alpha value is -3.82. The van der Waals surface area contributed by atoms with Crippen molar-refractivity contribution in [2.45, 2.75) is 52.4 Å². The highest BCUT2D eigenvalue weighted by molar-refractivity contribution is 5.98. The fourth-order valence-corrected chi connectivity index (χ4v) is 2.94. The third kappa shape index (κ3) is 7.65. The van der Waals surface area contributed by atoms with Gasteiger partial charge in [0.05, 0.1) is 7.11 Å². The fraction of sp³-hybridized carbons (Fsp3) is 0.417. The molecule has 1 aromatic heterocycles. The van der Waals surface area contributed by atoms with Gasteiger partial charge in [0.25, 0.3) is 5.91 Å². The van der Waals surface area contributed by atoms with Gasteiger partial charge in [0.2, 0.25) is 6.79 Å². The Morgan fingerprint density at radius 2 is 1.79 bits per heavy atom. The number of amides is 1. The molecule has 0 spiro atoms. The molecule has 2 aromatic rings. The lowest BCUT2D eigenvalue weighted by molar-refractivity contribution is -0.155. The Morgan fingerprint density at radius 1 is 1.09 bits per heavy atom. The van der Waals surface area contributed by atoms with Crippen molar-refractivity contribution in [3.8, 4) is 17.2 Å². The lowest BCUT2D eigenvalue weighted by atomic mass is 10.1. The van der Waals surface area contributed by atoms with E-state index in [-0.39, 0.29) is 17.2 Å². The van der Waals surface area contributed by atoms with Crippen LogP contribution in [0.25, 0.3) is 0 Å². The number of carbonyl (C=O) groups excluding carboxylic acids is 3. The molecule has 0 bridgehead atoms. The van der Waals surface area contributed by atoms with E-state index >= 15 is 0 Å². The molecular weight excluding hydrogens is 444 g/mol. The van der Waals surface area contributed by atoms with E-state index in [1.807, 2.05) is 44.2 Å². The van der Waals surface area contributed by atoms with E-state index in [2.05, 4.69) is 10.3 Å². The smallest absolute Gasteiger partial charge is 0.328 e. The summed E-state index contributed by atoms with van der Waals surface area (Å²) in [5.41, 5.74) is -0.140. The van der Waals surface area contributed by atoms with Gasteiger partial charge in [-0.15, -0.1) is 0 Å². The van der Waals surface area contributed by atoms with Crippen LogP contribution in [0.15, 0.2) is 42.6 Å². The summed E-state index contributed by atoms with van der Waals surface area (Å²) in [7, 11) is 1.39. The number of hydrogen-bond acceptors (Lipinski definition) is 9. The van der Waals surface area contributed by atoms with E-state index in [1.54, 1.807) is 0 Å². The highest BCUT2D eigenvalue weighted by atomic mass is 16.7. The highest BCUT2D eigenvalue weighted by Crippen LogP contribution is 2.29. The van der Waals surface area contributed by atoms with E-state index in [1.165, 1.54) is 33.2 Å². The van der Waals surface area contributed by atoms with Crippen molar-refractivity contribution in [2.24, 2.45) is 0 Å². The maximum Gasteiger partial charge on any atom is 0.328 e. The molecule has 0 aliphatic rings. The van der Waals surface area contributed by atoms with Crippen LogP contribution in [-0.4, -0.2) is 55.0 Å². The maximum atomic E-state index is 12.8. The monoisotopic (exact) mass is 474 g/mol. The molecule has 0 fully saturated rings. The maximum absolute atomic E-state index is 12.8. The molecule has 1 heterocycles. The average Bonchev–Trinajstić information content (AvgIpc) is 2.82. The van der Waals surface area contributed by atoms with Crippen molar-refractivity contribution in [3.05, 3.63) is 48.3 Å². The van der Waals surface area contributed by atoms with Gasteiger partial charge in [-0.25, -0.2) is 9.78 Å². The van der Waals surface area contributed by atoms with Gasteiger partial charge in [0, 0.05) is 19.2 Å².